The number of hydrogen-bond acceptors (Lipinski definition) is 4. The van der Waals surface area contributed by atoms with Gasteiger partial charge in [-0.1, -0.05) is 46.3 Å². The zero-order valence-corrected chi connectivity index (χ0v) is 12.8. The molecule has 0 fully saturated rings. The first-order valence-electron chi connectivity index (χ1n) is 6.14. The van der Waals surface area contributed by atoms with Crippen LogP contribution in [-0.2, 0) is 5.54 Å². The fourth-order valence-corrected chi connectivity index (χ4v) is 2.31. The van der Waals surface area contributed by atoms with Crippen molar-refractivity contribution in [3.8, 4) is 0 Å². The number of furan rings is 1. The lowest BCUT2D eigenvalue weighted by molar-refractivity contribution is -0.402. The molecule has 0 aliphatic rings. The number of carbonyl (C=O) groups is 1. The van der Waals surface area contributed by atoms with Crippen molar-refractivity contribution in [2.75, 3.05) is 5.33 Å². The summed E-state index contributed by atoms with van der Waals surface area (Å²) in [6.45, 7) is 1.85. The van der Waals surface area contributed by atoms with Gasteiger partial charge in [0.1, 0.15) is 4.92 Å². The third-order valence-electron chi connectivity index (χ3n) is 3.06. The molecular formula is C14H13BrN2O4. The summed E-state index contributed by atoms with van der Waals surface area (Å²) >= 11 is 3.38. The van der Waals surface area contributed by atoms with Crippen molar-refractivity contribution >= 4 is 27.7 Å². The molecule has 2 rings (SSSR count). The van der Waals surface area contributed by atoms with Crippen LogP contribution in [0, 0.1) is 10.1 Å². The number of benzene rings is 1. The van der Waals surface area contributed by atoms with Crippen LogP contribution in [0.4, 0.5) is 5.88 Å². The fourth-order valence-electron chi connectivity index (χ4n) is 1.85. The summed E-state index contributed by atoms with van der Waals surface area (Å²) in [6.07, 6.45) is 0. The van der Waals surface area contributed by atoms with Crippen LogP contribution in [0.5, 0.6) is 0 Å². The Morgan fingerprint density at radius 2 is 2.00 bits per heavy atom. The maximum absolute atomic E-state index is 12.2. The summed E-state index contributed by atoms with van der Waals surface area (Å²) in [5, 5.41) is 13.9. The van der Waals surface area contributed by atoms with Gasteiger partial charge in [-0.05, 0) is 18.6 Å². The van der Waals surface area contributed by atoms with Gasteiger partial charge in [-0.25, -0.2) is 0 Å². The summed E-state index contributed by atoms with van der Waals surface area (Å²) in [4.78, 5) is 22.1. The molecule has 1 amide bonds. The lowest BCUT2D eigenvalue weighted by Crippen LogP contribution is -2.44. The van der Waals surface area contributed by atoms with Crippen molar-refractivity contribution in [2.45, 2.75) is 12.5 Å². The van der Waals surface area contributed by atoms with Gasteiger partial charge in [0, 0.05) is 5.33 Å². The number of nitrogens with zero attached hydrogens (tertiary/aromatic N) is 1. The number of hydrogen-bond donors (Lipinski definition) is 1. The van der Waals surface area contributed by atoms with Gasteiger partial charge in [-0.15, -0.1) is 0 Å². The standard InChI is InChI=1S/C14H13BrN2O4/c1-14(9-15,10-5-3-2-4-6-10)16-13(18)11-7-8-12(21-11)17(19)20/h2-8H,9H2,1H3,(H,16,18). The van der Waals surface area contributed by atoms with Gasteiger partial charge in [0.15, 0.2) is 5.76 Å². The average molecular weight is 353 g/mol. The third-order valence-corrected chi connectivity index (χ3v) is 4.18. The monoisotopic (exact) mass is 352 g/mol. The summed E-state index contributed by atoms with van der Waals surface area (Å²) in [5.41, 5.74) is 0.260. The third kappa shape index (κ3) is 3.30. The second-order valence-corrected chi connectivity index (χ2v) is 5.24. The lowest BCUT2D eigenvalue weighted by atomic mass is 9.94. The lowest BCUT2D eigenvalue weighted by Gasteiger charge is -2.29. The molecule has 110 valence electrons. The van der Waals surface area contributed by atoms with Crippen molar-refractivity contribution in [3.63, 3.8) is 0 Å². The normalized spacial score (nSPS) is 13.4. The predicted molar refractivity (Wildman–Crippen MR) is 80.4 cm³/mol. The van der Waals surface area contributed by atoms with E-state index in [0.29, 0.717) is 5.33 Å². The van der Waals surface area contributed by atoms with Crippen LogP contribution in [0.3, 0.4) is 0 Å². The van der Waals surface area contributed by atoms with Gasteiger partial charge < -0.3 is 9.73 Å². The van der Waals surface area contributed by atoms with Gasteiger partial charge >= 0.3 is 5.88 Å². The minimum absolute atomic E-state index is 0.0928. The molecule has 0 radical (unpaired) electrons. The second kappa shape index (κ2) is 6.09. The van der Waals surface area contributed by atoms with Gasteiger partial charge in [-0.3, -0.25) is 14.9 Å². The quantitative estimate of drug-likeness (QED) is 0.508. The molecule has 0 aliphatic carbocycles. The maximum Gasteiger partial charge on any atom is 0.433 e. The summed E-state index contributed by atoms with van der Waals surface area (Å²) in [7, 11) is 0. The van der Waals surface area contributed by atoms with Crippen molar-refractivity contribution in [1.82, 2.24) is 5.32 Å². The van der Waals surface area contributed by atoms with Crippen LogP contribution >= 0.6 is 15.9 Å². The summed E-state index contributed by atoms with van der Waals surface area (Å²) in [6, 6.07) is 11.9. The minimum Gasteiger partial charge on any atom is -0.395 e. The topological polar surface area (TPSA) is 85.4 Å². The first-order valence-corrected chi connectivity index (χ1v) is 7.26. The number of halogens is 1. The predicted octanol–water partition coefficient (Wildman–Crippen LogP) is 3.23. The summed E-state index contributed by atoms with van der Waals surface area (Å²) < 4.78 is 4.91. The highest BCUT2D eigenvalue weighted by Gasteiger charge is 2.29. The number of alkyl halides is 1. The van der Waals surface area contributed by atoms with E-state index < -0.39 is 22.3 Å². The average Bonchev–Trinajstić information content (AvgIpc) is 2.98. The van der Waals surface area contributed by atoms with Crippen molar-refractivity contribution in [2.24, 2.45) is 0 Å². The highest BCUT2D eigenvalue weighted by Crippen LogP contribution is 2.24. The number of carbonyl (C=O) groups excluding carboxylic acids is 1. The van der Waals surface area contributed by atoms with Gasteiger partial charge in [0.25, 0.3) is 5.91 Å². The molecule has 21 heavy (non-hydrogen) atoms. The van der Waals surface area contributed by atoms with E-state index in [-0.39, 0.29) is 5.76 Å². The Balaban J connectivity index is 2.21. The highest BCUT2D eigenvalue weighted by molar-refractivity contribution is 9.09. The number of rotatable bonds is 5. The Hall–Kier alpha value is -2.15. The Labute approximate surface area is 129 Å². The smallest absolute Gasteiger partial charge is 0.395 e. The van der Waals surface area contributed by atoms with Crippen molar-refractivity contribution < 1.29 is 14.1 Å². The Morgan fingerprint density at radius 3 is 2.52 bits per heavy atom. The fraction of sp³-hybridized carbons (Fsp3) is 0.214. The molecule has 1 atom stereocenters. The largest absolute Gasteiger partial charge is 0.433 e. The molecule has 0 spiro atoms. The van der Waals surface area contributed by atoms with Crippen molar-refractivity contribution in [1.29, 1.82) is 0 Å². The summed E-state index contributed by atoms with van der Waals surface area (Å²) in [5.74, 6) is -1.06. The molecule has 2 aromatic rings. The zero-order chi connectivity index (χ0) is 15.5. The molecule has 0 aliphatic heterocycles. The number of nitrogens with one attached hydrogen (secondary N) is 1. The minimum atomic E-state index is -0.683. The Bertz CT molecular complexity index is 656. The second-order valence-electron chi connectivity index (χ2n) is 4.68. The zero-order valence-electron chi connectivity index (χ0n) is 11.2. The Kier molecular flexibility index (Phi) is 4.42. The SMILES string of the molecule is CC(CBr)(NC(=O)c1ccc([N+](=O)[O-])o1)c1ccccc1. The van der Waals surface area contributed by atoms with Crippen molar-refractivity contribution in [3.05, 3.63) is 63.9 Å². The van der Waals surface area contributed by atoms with Crippen LogP contribution in [0.15, 0.2) is 46.9 Å². The van der Waals surface area contributed by atoms with Gasteiger partial charge in [0.05, 0.1) is 11.6 Å². The molecule has 1 heterocycles. The van der Waals surface area contributed by atoms with E-state index in [2.05, 4.69) is 21.2 Å². The van der Waals surface area contributed by atoms with E-state index >= 15 is 0 Å². The van der Waals surface area contributed by atoms with E-state index in [9.17, 15) is 14.9 Å². The molecular weight excluding hydrogens is 340 g/mol. The molecule has 1 unspecified atom stereocenters. The van der Waals surface area contributed by atoms with Gasteiger partial charge in [-0.2, -0.15) is 0 Å². The van der Waals surface area contributed by atoms with Crippen LogP contribution in [0.2, 0.25) is 0 Å². The van der Waals surface area contributed by atoms with E-state index in [1.807, 2.05) is 37.3 Å². The first kappa shape index (κ1) is 15.2. The molecule has 1 N–H and O–H groups in total. The Morgan fingerprint density at radius 1 is 1.33 bits per heavy atom. The molecule has 1 aromatic carbocycles. The van der Waals surface area contributed by atoms with Crippen LogP contribution in [0.1, 0.15) is 23.0 Å². The molecule has 0 saturated carbocycles. The van der Waals surface area contributed by atoms with E-state index in [0.717, 1.165) is 11.6 Å². The first-order chi connectivity index (χ1) is 9.96. The van der Waals surface area contributed by atoms with Crippen LogP contribution < -0.4 is 5.32 Å². The highest BCUT2D eigenvalue weighted by atomic mass is 79.9. The van der Waals surface area contributed by atoms with Crippen LogP contribution in [0.25, 0.3) is 0 Å². The molecule has 1 aromatic heterocycles. The van der Waals surface area contributed by atoms with E-state index in [1.165, 1.54) is 6.07 Å². The van der Waals surface area contributed by atoms with Crippen LogP contribution in [-0.4, -0.2) is 16.2 Å². The maximum atomic E-state index is 12.2. The molecule has 6 nitrogen and oxygen atoms in total. The van der Waals surface area contributed by atoms with E-state index in [1.54, 1.807) is 0 Å². The van der Waals surface area contributed by atoms with E-state index in [4.69, 9.17) is 4.42 Å². The molecule has 0 bridgehead atoms. The number of amides is 1. The van der Waals surface area contributed by atoms with Gasteiger partial charge in [0.2, 0.25) is 0 Å². The number of nitro groups is 1. The molecule has 0 saturated heterocycles. The molecule has 7 heteroatoms.